The van der Waals surface area contributed by atoms with Crippen LogP contribution in [0.3, 0.4) is 0 Å². The third-order valence-corrected chi connectivity index (χ3v) is 2.57. The second-order valence-electron chi connectivity index (χ2n) is 5.26. The maximum atomic E-state index is 9.99. The zero-order valence-electron chi connectivity index (χ0n) is 11.0. The van der Waals surface area contributed by atoms with Gasteiger partial charge in [0.25, 0.3) is 0 Å². The van der Waals surface area contributed by atoms with E-state index in [1.807, 2.05) is 6.92 Å². The third kappa shape index (κ3) is 3.53. The molecule has 0 atom stereocenters. The Balaban J connectivity index is 3.01. The van der Waals surface area contributed by atoms with E-state index in [0.29, 0.717) is 11.7 Å². The highest BCUT2D eigenvalue weighted by Gasteiger charge is 2.09. The summed E-state index contributed by atoms with van der Waals surface area (Å²) >= 11 is 0. The van der Waals surface area contributed by atoms with E-state index in [4.69, 9.17) is 0 Å². The summed E-state index contributed by atoms with van der Waals surface area (Å²) in [7, 11) is 4.12. The van der Waals surface area contributed by atoms with E-state index in [2.05, 4.69) is 45.0 Å². The molecule has 1 N–H and O–H groups in total. The zero-order chi connectivity index (χ0) is 12.3. The molecule has 0 radical (unpaired) electrons. The smallest absolute Gasteiger partial charge is 0.121 e. The van der Waals surface area contributed by atoms with E-state index in [0.717, 1.165) is 24.1 Å². The van der Waals surface area contributed by atoms with Crippen molar-refractivity contribution in [2.75, 3.05) is 14.1 Å². The lowest BCUT2D eigenvalue weighted by molar-refractivity contribution is 0.401. The molecule has 0 aromatic heterocycles. The third-order valence-electron chi connectivity index (χ3n) is 2.57. The Morgan fingerprint density at radius 2 is 1.88 bits per heavy atom. The first-order valence-corrected chi connectivity index (χ1v) is 5.86. The molecule has 0 saturated heterocycles. The first kappa shape index (κ1) is 13.0. The lowest BCUT2D eigenvalue weighted by Gasteiger charge is -2.15. The molecule has 1 aromatic rings. The van der Waals surface area contributed by atoms with Gasteiger partial charge in [0.15, 0.2) is 0 Å². The van der Waals surface area contributed by atoms with Crippen LogP contribution >= 0.6 is 0 Å². The Kier molecular flexibility index (Phi) is 4.36. The summed E-state index contributed by atoms with van der Waals surface area (Å²) in [6, 6.07) is 4.20. The molecule has 0 saturated carbocycles. The van der Waals surface area contributed by atoms with Crippen molar-refractivity contribution in [1.82, 2.24) is 4.90 Å². The van der Waals surface area contributed by atoms with E-state index in [1.165, 1.54) is 5.56 Å². The first-order valence-electron chi connectivity index (χ1n) is 5.86. The van der Waals surface area contributed by atoms with E-state index in [1.54, 1.807) is 0 Å². The molecule has 0 amide bonds. The topological polar surface area (TPSA) is 23.5 Å². The molecule has 0 bridgehead atoms. The van der Waals surface area contributed by atoms with Gasteiger partial charge in [-0.2, -0.15) is 0 Å². The van der Waals surface area contributed by atoms with Gasteiger partial charge in [0.05, 0.1) is 0 Å². The number of benzene rings is 1. The van der Waals surface area contributed by atoms with Gasteiger partial charge in [-0.05, 0) is 50.0 Å². The average Bonchev–Trinajstić information content (AvgIpc) is 2.11. The summed E-state index contributed by atoms with van der Waals surface area (Å²) in [5.74, 6) is 1.04. The number of phenols is 1. The van der Waals surface area contributed by atoms with Crippen LogP contribution in [0.15, 0.2) is 12.1 Å². The normalized spacial score (nSPS) is 11.4. The van der Waals surface area contributed by atoms with Crippen LogP contribution in [0.4, 0.5) is 0 Å². The molecule has 0 unspecified atom stereocenters. The fraction of sp³-hybridized carbons (Fsp3) is 0.571. The molecule has 90 valence electrons. The van der Waals surface area contributed by atoms with Gasteiger partial charge < -0.3 is 10.0 Å². The van der Waals surface area contributed by atoms with Gasteiger partial charge in [-0.25, -0.2) is 0 Å². The van der Waals surface area contributed by atoms with Crippen LogP contribution in [0.25, 0.3) is 0 Å². The van der Waals surface area contributed by atoms with Crippen LogP contribution in [0.1, 0.15) is 30.5 Å². The Morgan fingerprint density at radius 3 is 2.38 bits per heavy atom. The maximum Gasteiger partial charge on any atom is 0.121 e. The second kappa shape index (κ2) is 5.35. The van der Waals surface area contributed by atoms with Gasteiger partial charge in [-0.1, -0.05) is 26.0 Å². The van der Waals surface area contributed by atoms with Crippen LogP contribution in [0.2, 0.25) is 0 Å². The number of phenolic OH excluding ortho intramolecular Hbond substituents is 1. The van der Waals surface area contributed by atoms with Crippen molar-refractivity contribution in [2.24, 2.45) is 5.92 Å². The molecule has 0 aliphatic heterocycles. The van der Waals surface area contributed by atoms with Gasteiger partial charge in [-0.15, -0.1) is 0 Å². The number of hydrogen-bond acceptors (Lipinski definition) is 2. The summed E-state index contributed by atoms with van der Waals surface area (Å²) in [5, 5.41) is 9.99. The summed E-state index contributed by atoms with van der Waals surface area (Å²) in [6.45, 7) is 7.24. The number of rotatable bonds is 4. The largest absolute Gasteiger partial charge is 0.507 e. The summed E-state index contributed by atoms with van der Waals surface area (Å²) < 4.78 is 0. The predicted molar refractivity (Wildman–Crippen MR) is 68.8 cm³/mol. The van der Waals surface area contributed by atoms with Crippen LogP contribution in [-0.2, 0) is 13.0 Å². The van der Waals surface area contributed by atoms with Gasteiger partial charge >= 0.3 is 0 Å². The highest BCUT2D eigenvalue weighted by molar-refractivity contribution is 5.43. The number of aromatic hydroxyl groups is 1. The first-order chi connectivity index (χ1) is 7.40. The Hall–Kier alpha value is -1.02. The molecule has 0 fully saturated rings. The fourth-order valence-corrected chi connectivity index (χ4v) is 1.99. The molecule has 0 aliphatic carbocycles. The van der Waals surface area contributed by atoms with Crippen LogP contribution < -0.4 is 0 Å². The van der Waals surface area contributed by atoms with Crippen molar-refractivity contribution < 1.29 is 5.11 Å². The Morgan fingerprint density at radius 1 is 1.25 bits per heavy atom. The lowest BCUT2D eigenvalue weighted by atomic mass is 9.97. The van der Waals surface area contributed by atoms with Crippen molar-refractivity contribution in [3.05, 3.63) is 28.8 Å². The summed E-state index contributed by atoms with van der Waals surface area (Å²) in [5.41, 5.74) is 3.33. The number of nitrogens with zero attached hydrogens (tertiary/aromatic N) is 1. The second-order valence-corrected chi connectivity index (χ2v) is 5.26. The molecule has 2 heteroatoms. The molecule has 1 aromatic carbocycles. The molecule has 2 nitrogen and oxygen atoms in total. The molecule has 1 rings (SSSR count). The maximum absolute atomic E-state index is 9.99. The number of hydrogen-bond donors (Lipinski definition) is 1. The van der Waals surface area contributed by atoms with Gasteiger partial charge in [0.2, 0.25) is 0 Å². The van der Waals surface area contributed by atoms with Crippen LogP contribution in [0.5, 0.6) is 5.75 Å². The van der Waals surface area contributed by atoms with Gasteiger partial charge in [0.1, 0.15) is 5.75 Å². The molecular weight excluding hydrogens is 198 g/mol. The lowest BCUT2D eigenvalue weighted by Crippen LogP contribution is -2.11. The SMILES string of the molecule is Cc1cc(CN(C)C)cc(CC(C)C)c1O. The van der Waals surface area contributed by atoms with E-state index in [-0.39, 0.29) is 0 Å². The monoisotopic (exact) mass is 221 g/mol. The van der Waals surface area contributed by atoms with E-state index >= 15 is 0 Å². The Labute approximate surface area is 98.9 Å². The quantitative estimate of drug-likeness (QED) is 0.845. The van der Waals surface area contributed by atoms with Crippen molar-refractivity contribution in [1.29, 1.82) is 0 Å². The highest BCUT2D eigenvalue weighted by Crippen LogP contribution is 2.26. The van der Waals surface area contributed by atoms with E-state index in [9.17, 15) is 5.11 Å². The van der Waals surface area contributed by atoms with Crippen LogP contribution in [0, 0.1) is 12.8 Å². The van der Waals surface area contributed by atoms with Gasteiger partial charge in [0, 0.05) is 6.54 Å². The molecule has 0 spiro atoms. The number of aryl methyl sites for hydroxylation is 1. The van der Waals surface area contributed by atoms with Crippen molar-refractivity contribution >= 4 is 0 Å². The highest BCUT2D eigenvalue weighted by atomic mass is 16.3. The minimum Gasteiger partial charge on any atom is -0.507 e. The van der Waals surface area contributed by atoms with Crippen LogP contribution in [-0.4, -0.2) is 24.1 Å². The van der Waals surface area contributed by atoms with E-state index < -0.39 is 0 Å². The summed E-state index contributed by atoms with van der Waals surface area (Å²) in [4.78, 5) is 2.14. The summed E-state index contributed by atoms with van der Waals surface area (Å²) in [6.07, 6.45) is 0.938. The standard InChI is InChI=1S/C14H23NO/c1-10(2)6-13-8-12(9-15(4)5)7-11(3)14(13)16/h7-8,10,16H,6,9H2,1-5H3. The predicted octanol–water partition coefficient (Wildman–Crippen LogP) is 2.96. The zero-order valence-corrected chi connectivity index (χ0v) is 11.0. The fourth-order valence-electron chi connectivity index (χ4n) is 1.99. The molecule has 0 aliphatic rings. The Bertz CT molecular complexity index is 356. The molecular formula is C14H23NO. The van der Waals surface area contributed by atoms with Gasteiger partial charge in [-0.3, -0.25) is 0 Å². The van der Waals surface area contributed by atoms with Crippen molar-refractivity contribution in [2.45, 2.75) is 33.7 Å². The molecule has 16 heavy (non-hydrogen) atoms. The van der Waals surface area contributed by atoms with Crippen molar-refractivity contribution in [3.63, 3.8) is 0 Å². The average molecular weight is 221 g/mol. The minimum atomic E-state index is 0.469. The van der Waals surface area contributed by atoms with Crippen molar-refractivity contribution in [3.8, 4) is 5.75 Å². The molecule has 0 heterocycles. The minimum absolute atomic E-state index is 0.469.